The Morgan fingerprint density at radius 1 is 1.00 bits per heavy atom. The molecule has 1 heterocycles. The largest absolute Gasteiger partial charge is 0.496 e. The molecular formula is C24H19ClN4O2S. The first-order valence-corrected chi connectivity index (χ1v) is 11.0. The van der Waals surface area contributed by atoms with Crippen LogP contribution in [0.1, 0.15) is 6.92 Å². The minimum absolute atomic E-state index is 0.298. The predicted octanol–water partition coefficient (Wildman–Crippen LogP) is 6.39. The molecule has 0 N–H and O–H groups in total. The Bertz CT molecular complexity index is 1250. The first-order valence-electron chi connectivity index (χ1n) is 9.78. The van der Waals surface area contributed by atoms with Crippen molar-refractivity contribution in [2.24, 2.45) is 0 Å². The summed E-state index contributed by atoms with van der Waals surface area (Å²) in [5.74, 6) is 2.65. The molecule has 4 rings (SSSR count). The summed E-state index contributed by atoms with van der Waals surface area (Å²) in [5.41, 5.74) is 1.52. The number of halogens is 1. The lowest BCUT2D eigenvalue weighted by Gasteiger charge is -2.14. The van der Waals surface area contributed by atoms with E-state index in [0.717, 1.165) is 11.4 Å². The lowest BCUT2D eigenvalue weighted by molar-refractivity contribution is 0.416. The normalized spacial score (nSPS) is 11.6. The van der Waals surface area contributed by atoms with Crippen LogP contribution in [0.15, 0.2) is 78.0 Å². The summed E-state index contributed by atoms with van der Waals surface area (Å²) in [7, 11) is 1.59. The zero-order valence-electron chi connectivity index (χ0n) is 17.4. The maximum atomic E-state index is 9.29. The molecule has 0 aliphatic carbocycles. The SMILES string of the molecule is COc1ccc(Cl)cc1-c1nnc(S[C@H](C)C#N)n1-c1ccc(Oc2ccccc2)cc1. The highest BCUT2D eigenvalue weighted by Gasteiger charge is 2.21. The molecule has 0 aliphatic rings. The van der Waals surface area contributed by atoms with E-state index in [0.29, 0.717) is 33.1 Å². The average molecular weight is 463 g/mol. The Labute approximate surface area is 195 Å². The van der Waals surface area contributed by atoms with Crippen LogP contribution in [0.4, 0.5) is 0 Å². The fraction of sp³-hybridized carbons (Fsp3) is 0.125. The molecule has 0 aliphatic heterocycles. The van der Waals surface area contributed by atoms with Gasteiger partial charge in [0.05, 0.1) is 29.7 Å². The number of thioether (sulfide) groups is 1. The Hall–Kier alpha value is -3.47. The van der Waals surface area contributed by atoms with Gasteiger partial charge in [0.1, 0.15) is 17.2 Å². The molecule has 0 unspecified atom stereocenters. The molecule has 4 aromatic rings. The topological polar surface area (TPSA) is 73.0 Å². The summed E-state index contributed by atoms with van der Waals surface area (Å²) in [4.78, 5) is 0. The number of nitrogens with zero attached hydrogens (tertiary/aromatic N) is 4. The number of nitriles is 1. The van der Waals surface area contributed by atoms with E-state index in [-0.39, 0.29) is 5.25 Å². The van der Waals surface area contributed by atoms with Gasteiger partial charge in [0.25, 0.3) is 0 Å². The van der Waals surface area contributed by atoms with Crippen molar-refractivity contribution in [1.82, 2.24) is 14.8 Å². The van der Waals surface area contributed by atoms with E-state index < -0.39 is 0 Å². The zero-order chi connectivity index (χ0) is 22.5. The standard InChI is InChI=1S/C24H19ClN4O2S/c1-16(15-26)32-24-28-27-23(21-14-17(25)8-13-22(21)30-2)29(24)18-9-11-20(12-10-18)31-19-6-4-3-5-7-19/h3-14,16H,1-2H3/t16-/m1/s1. The van der Waals surface area contributed by atoms with Crippen LogP contribution in [-0.4, -0.2) is 27.1 Å². The van der Waals surface area contributed by atoms with Crippen LogP contribution >= 0.6 is 23.4 Å². The van der Waals surface area contributed by atoms with E-state index in [1.54, 1.807) is 25.3 Å². The number of benzene rings is 3. The zero-order valence-corrected chi connectivity index (χ0v) is 19.0. The van der Waals surface area contributed by atoms with Crippen LogP contribution in [0.5, 0.6) is 17.2 Å². The van der Waals surface area contributed by atoms with Gasteiger partial charge in [-0.2, -0.15) is 5.26 Å². The molecule has 6 nitrogen and oxygen atoms in total. The van der Waals surface area contributed by atoms with Crippen molar-refractivity contribution in [1.29, 1.82) is 5.26 Å². The quantitative estimate of drug-likeness (QED) is 0.296. The molecule has 0 spiro atoms. The Morgan fingerprint density at radius 3 is 2.41 bits per heavy atom. The number of aromatic nitrogens is 3. The fourth-order valence-electron chi connectivity index (χ4n) is 3.08. The number of ether oxygens (including phenoxy) is 2. The van der Waals surface area contributed by atoms with Crippen molar-refractivity contribution >= 4 is 23.4 Å². The third kappa shape index (κ3) is 4.72. The van der Waals surface area contributed by atoms with Gasteiger partial charge in [-0.25, -0.2) is 0 Å². The minimum Gasteiger partial charge on any atom is -0.496 e. The van der Waals surface area contributed by atoms with Crippen molar-refractivity contribution < 1.29 is 9.47 Å². The average Bonchev–Trinajstić information content (AvgIpc) is 3.23. The number of para-hydroxylation sites is 1. The van der Waals surface area contributed by atoms with E-state index >= 15 is 0 Å². The summed E-state index contributed by atoms with van der Waals surface area (Å²) in [6.07, 6.45) is 0. The van der Waals surface area contributed by atoms with Gasteiger partial charge in [-0.15, -0.1) is 10.2 Å². The fourth-order valence-corrected chi connectivity index (χ4v) is 4.01. The second-order valence-corrected chi connectivity index (χ2v) is 8.53. The summed E-state index contributed by atoms with van der Waals surface area (Å²) in [6, 6.07) is 24.7. The van der Waals surface area contributed by atoms with Gasteiger partial charge < -0.3 is 9.47 Å². The van der Waals surface area contributed by atoms with E-state index in [1.165, 1.54) is 11.8 Å². The van der Waals surface area contributed by atoms with Crippen LogP contribution in [-0.2, 0) is 0 Å². The summed E-state index contributed by atoms with van der Waals surface area (Å²) in [6.45, 7) is 1.82. The van der Waals surface area contributed by atoms with Crippen LogP contribution in [0, 0.1) is 11.3 Å². The monoisotopic (exact) mass is 462 g/mol. The lowest BCUT2D eigenvalue weighted by atomic mass is 10.2. The molecule has 0 saturated heterocycles. The Morgan fingerprint density at radius 2 is 1.72 bits per heavy atom. The molecule has 8 heteroatoms. The van der Waals surface area contributed by atoms with Crippen LogP contribution in [0.3, 0.4) is 0 Å². The highest BCUT2D eigenvalue weighted by Crippen LogP contribution is 2.36. The first-order chi connectivity index (χ1) is 15.6. The molecular weight excluding hydrogens is 444 g/mol. The molecule has 0 amide bonds. The van der Waals surface area contributed by atoms with Gasteiger partial charge in [0.2, 0.25) is 0 Å². The predicted molar refractivity (Wildman–Crippen MR) is 126 cm³/mol. The molecule has 1 atom stereocenters. The first kappa shape index (κ1) is 21.8. The second-order valence-electron chi connectivity index (χ2n) is 6.78. The molecule has 0 fully saturated rings. The van der Waals surface area contributed by atoms with Gasteiger partial charge in [-0.05, 0) is 61.5 Å². The highest BCUT2D eigenvalue weighted by molar-refractivity contribution is 8.00. The van der Waals surface area contributed by atoms with E-state index in [2.05, 4.69) is 16.3 Å². The van der Waals surface area contributed by atoms with E-state index in [4.69, 9.17) is 21.1 Å². The number of hydrogen-bond acceptors (Lipinski definition) is 6. The van der Waals surface area contributed by atoms with E-state index in [1.807, 2.05) is 66.1 Å². The van der Waals surface area contributed by atoms with Gasteiger partial charge in [-0.1, -0.05) is 41.6 Å². The van der Waals surface area contributed by atoms with Crippen molar-refractivity contribution in [2.75, 3.05) is 7.11 Å². The van der Waals surface area contributed by atoms with Crippen LogP contribution in [0.2, 0.25) is 5.02 Å². The van der Waals surface area contributed by atoms with Gasteiger partial charge in [0, 0.05) is 5.02 Å². The number of hydrogen-bond donors (Lipinski definition) is 0. The van der Waals surface area contributed by atoms with Gasteiger partial charge in [0.15, 0.2) is 11.0 Å². The molecule has 32 heavy (non-hydrogen) atoms. The molecule has 0 bridgehead atoms. The van der Waals surface area contributed by atoms with Crippen LogP contribution in [0.25, 0.3) is 17.1 Å². The van der Waals surface area contributed by atoms with Gasteiger partial charge in [-0.3, -0.25) is 4.57 Å². The highest BCUT2D eigenvalue weighted by atomic mass is 35.5. The summed E-state index contributed by atoms with van der Waals surface area (Å²) in [5, 5.41) is 18.9. The molecule has 0 radical (unpaired) electrons. The molecule has 160 valence electrons. The Kier molecular flexibility index (Phi) is 6.64. The van der Waals surface area contributed by atoms with Gasteiger partial charge >= 0.3 is 0 Å². The third-order valence-corrected chi connectivity index (χ3v) is 5.74. The Balaban J connectivity index is 1.77. The molecule has 1 aromatic heterocycles. The van der Waals surface area contributed by atoms with Crippen molar-refractivity contribution in [2.45, 2.75) is 17.3 Å². The van der Waals surface area contributed by atoms with Crippen molar-refractivity contribution in [3.63, 3.8) is 0 Å². The van der Waals surface area contributed by atoms with E-state index in [9.17, 15) is 5.26 Å². The minimum atomic E-state index is -0.298. The maximum absolute atomic E-state index is 9.29. The van der Waals surface area contributed by atoms with Crippen molar-refractivity contribution in [3.8, 4) is 40.4 Å². The van der Waals surface area contributed by atoms with Crippen molar-refractivity contribution in [3.05, 3.63) is 77.8 Å². The van der Waals surface area contributed by atoms with Crippen LogP contribution < -0.4 is 9.47 Å². The third-order valence-electron chi connectivity index (χ3n) is 4.57. The number of methoxy groups -OCH3 is 1. The second kappa shape index (κ2) is 9.77. The summed E-state index contributed by atoms with van der Waals surface area (Å²) >= 11 is 7.58. The summed E-state index contributed by atoms with van der Waals surface area (Å²) < 4.78 is 13.3. The molecule has 0 saturated carbocycles. The molecule has 3 aromatic carbocycles. The maximum Gasteiger partial charge on any atom is 0.197 e. The smallest absolute Gasteiger partial charge is 0.197 e. The number of rotatable bonds is 7. The lowest BCUT2D eigenvalue weighted by Crippen LogP contribution is -2.03.